The van der Waals surface area contributed by atoms with E-state index in [0.717, 1.165) is 21.2 Å². The lowest BCUT2D eigenvalue weighted by atomic mass is 10.1. The Labute approximate surface area is 209 Å². The van der Waals surface area contributed by atoms with Gasteiger partial charge in [-0.15, -0.1) is 0 Å². The molecule has 4 aromatic rings. The van der Waals surface area contributed by atoms with E-state index in [1.54, 1.807) is 30.3 Å². The average Bonchev–Trinajstić information content (AvgIpc) is 3.37. The van der Waals surface area contributed by atoms with Crippen molar-refractivity contribution in [3.8, 4) is 5.75 Å². The maximum Gasteiger partial charge on any atom is 0.331 e. The molecule has 0 aliphatic carbocycles. The van der Waals surface area contributed by atoms with Crippen molar-refractivity contribution in [3.63, 3.8) is 0 Å². The number of fused-ring (bicyclic) bond motifs is 1. The molecule has 4 amide bonds. The number of urea groups is 1. The Kier molecular flexibility index (Phi) is 6.20. The van der Waals surface area contributed by atoms with Gasteiger partial charge in [0.1, 0.15) is 23.7 Å². The second-order valence-electron chi connectivity index (χ2n) is 7.90. The number of hydrogen-bond donors (Lipinski definition) is 1. The number of halogens is 1. The molecule has 5 rings (SSSR count). The fourth-order valence-electron chi connectivity index (χ4n) is 3.86. The van der Waals surface area contributed by atoms with Crippen LogP contribution in [-0.4, -0.2) is 22.7 Å². The number of amides is 4. The van der Waals surface area contributed by atoms with Crippen LogP contribution in [0.4, 0.5) is 4.79 Å². The number of nitrogens with one attached hydrogen (secondary N) is 1. The maximum absolute atomic E-state index is 12.9. The summed E-state index contributed by atoms with van der Waals surface area (Å²) >= 11 is 3.51. The third-order valence-corrected chi connectivity index (χ3v) is 6.23. The van der Waals surface area contributed by atoms with E-state index in [4.69, 9.17) is 9.15 Å². The Morgan fingerprint density at radius 3 is 2.60 bits per heavy atom. The zero-order valence-corrected chi connectivity index (χ0v) is 19.9. The first-order valence-corrected chi connectivity index (χ1v) is 11.6. The molecule has 1 N–H and O–H groups in total. The minimum atomic E-state index is -0.785. The predicted molar refractivity (Wildman–Crippen MR) is 133 cm³/mol. The van der Waals surface area contributed by atoms with Crippen molar-refractivity contribution in [1.29, 1.82) is 0 Å². The molecular weight excluding hydrogens is 512 g/mol. The largest absolute Gasteiger partial charge is 0.488 e. The van der Waals surface area contributed by atoms with Crippen LogP contribution in [0.1, 0.15) is 16.9 Å². The van der Waals surface area contributed by atoms with Crippen molar-refractivity contribution in [2.24, 2.45) is 0 Å². The summed E-state index contributed by atoms with van der Waals surface area (Å²) in [5.74, 6) is -0.391. The molecular formula is C27H19BrN2O5. The van der Waals surface area contributed by atoms with Gasteiger partial charge in [-0.05, 0) is 68.2 Å². The number of barbiturate groups is 1. The van der Waals surface area contributed by atoms with Gasteiger partial charge in [0.15, 0.2) is 0 Å². The molecule has 1 aliphatic rings. The third kappa shape index (κ3) is 4.74. The van der Waals surface area contributed by atoms with Crippen LogP contribution in [0.2, 0.25) is 0 Å². The molecule has 0 unspecified atom stereocenters. The number of ether oxygens (including phenoxy) is 1. The van der Waals surface area contributed by atoms with Crippen molar-refractivity contribution >= 4 is 50.6 Å². The van der Waals surface area contributed by atoms with E-state index >= 15 is 0 Å². The molecule has 8 heteroatoms. The van der Waals surface area contributed by atoms with Crippen LogP contribution in [-0.2, 0) is 22.7 Å². The van der Waals surface area contributed by atoms with E-state index in [9.17, 15) is 14.4 Å². The Morgan fingerprint density at radius 1 is 0.971 bits per heavy atom. The summed E-state index contributed by atoms with van der Waals surface area (Å²) in [4.78, 5) is 38.4. The number of hydrogen-bond acceptors (Lipinski definition) is 5. The molecule has 1 aliphatic heterocycles. The predicted octanol–water partition coefficient (Wildman–Crippen LogP) is 5.44. The number of nitrogens with zero attached hydrogens (tertiary/aromatic N) is 1. The van der Waals surface area contributed by atoms with Gasteiger partial charge in [-0.3, -0.25) is 19.8 Å². The van der Waals surface area contributed by atoms with E-state index in [1.807, 2.05) is 24.3 Å². The zero-order valence-electron chi connectivity index (χ0n) is 18.4. The Bertz CT molecular complexity index is 1470. The van der Waals surface area contributed by atoms with Crippen LogP contribution in [0.15, 0.2) is 93.5 Å². The summed E-state index contributed by atoms with van der Waals surface area (Å²) in [6.07, 6.45) is 2.89. The van der Waals surface area contributed by atoms with Crippen LogP contribution in [0.25, 0.3) is 16.8 Å². The van der Waals surface area contributed by atoms with Gasteiger partial charge < -0.3 is 9.15 Å². The minimum Gasteiger partial charge on any atom is -0.488 e. The Morgan fingerprint density at radius 2 is 1.80 bits per heavy atom. The monoisotopic (exact) mass is 530 g/mol. The van der Waals surface area contributed by atoms with Crippen molar-refractivity contribution in [1.82, 2.24) is 10.2 Å². The van der Waals surface area contributed by atoms with E-state index in [0.29, 0.717) is 28.2 Å². The molecule has 3 aromatic carbocycles. The highest BCUT2D eigenvalue weighted by Crippen LogP contribution is 2.29. The number of benzene rings is 3. The average molecular weight is 531 g/mol. The van der Waals surface area contributed by atoms with Crippen LogP contribution >= 0.6 is 15.9 Å². The van der Waals surface area contributed by atoms with Gasteiger partial charge in [0.2, 0.25) is 0 Å². The van der Waals surface area contributed by atoms with Crippen molar-refractivity contribution in [2.75, 3.05) is 0 Å². The zero-order chi connectivity index (χ0) is 24.4. The molecule has 0 atom stereocenters. The molecule has 0 radical (unpaired) electrons. The van der Waals surface area contributed by atoms with E-state index in [1.165, 1.54) is 12.3 Å². The minimum absolute atomic E-state index is 0.0765. The lowest BCUT2D eigenvalue weighted by Crippen LogP contribution is -2.53. The highest BCUT2D eigenvalue weighted by Gasteiger charge is 2.36. The van der Waals surface area contributed by atoms with Crippen molar-refractivity contribution in [3.05, 3.63) is 106 Å². The SMILES string of the molecule is O=C1NC(=O)N(Cc2ccco2)C(=O)/C1=C/c1ccc(OCc2cccc3ccccc23)c(Br)c1. The summed E-state index contributed by atoms with van der Waals surface area (Å²) in [5, 5.41) is 4.47. The van der Waals surface area contributed by atoms with Gasteiger partial charge >= 0.3 is 6.03 Å². The summed E-state index contributed by atoms with van der Waals surface area (Å²) in [5.41, 5.74) is 1.51. The molecule has 0 saturated carbocycles. The van der Waals surface area contributed by atoms with Crippen LogP contribution in [0.3, 0.4) is 0 Å². The van der Waals surface area contributed by atoms with Gasteiger partial charge in [0.05, 0.1) is 17.3 Å². The fraction of sp³-hybridized carbons (Fsp3) is 0.0741. The number of furan rings is 1. The second-order valence-corrected chi connectivity index (χ2v) is 8.76. The first-order chi connectivity index (χ1) is 17.0. The Hall–Kier alpha value is -4.17. The molecule has 1 fully saturated rings. The molecule has 1 aromatic heterocycles. The topological polar surface area (TPSA) is 88.9 Å². The number of carbonyl (C=O) groups excluding carboxylic acids is 3. The molecule has 7 nitrogen and oxygen atoms in total. The molecule has 35 heavy (non-hydrogen) atoms. The summed E-state index contributed by atoms with van der Waals surface area (Å²) in [6.45, 7) is 0.304. The highest BCUT2D eigenvalue weighted by atomic mass is 79.9. The lowest BCUT2D eigenvalue weighted by Gasteiger charge is -2.25. The van der Waals surface area contributed by atoms with Crippen molar-refractivity contribution < 1.29 is 23.5 Å². The number of carbonyl (C=O) groups is 3. The highest BCUT2D eigenvalue weighted by molar-refractivity contribution is 9.10. The molecule has 2 heterocycles. The number of imide groups is 2. The van der Waals surface area contributed by atoms with Gasteiger partial charge in [-0.2, -0.15) is 0 Å². The van der Waals surface area contributed by atoms with E-state index < -0.39 is 17.8 Å². The third-order valence-electron chi connectivity index (χ3n) is 5.61. The fourth-order valence-corrected chi connectivity index (χ4v) is 4.37. The van der Waals surface area contributed by atoms with Crippen LogP contribution in [0, 0.1) is 0 Å². The van der Waals surface area contributed by atoms with Gasteiger partial charge in [0.25, 0.3) is 11.8 Å². The quantitative estimate of drug-likeness (QED) is 0.265. The molecule has 174 valence electrons. The normalized spacial score (nSPS) is 15.1. The molecule has 0 bridgehead atoms. The molecule has 1 saturated heterocycles. The van der Waals surface area contributed by atoms with Gasteiger partial charge in [0, 0.05) is 0 Å². The first kappa shape index (κ1) is 22.6. The summed E-state index contributed by atoms with van der Waals surface area (Å²) in [6, 6.07) is 22.0. The first-order valence-electron chi connectivity index (χ1n) is 10.8. The second kappa shape index (κ2) is 9.60. The van der Waals surface area contributed by atoms with Gasteiger partial charge in [-0.25, -0.2) is 4.79 Å². The lowest BCUT2D eigenvalue weighted by molar-refractivity contribution is -0.130. The van der Waals surface area contributed by atoms with E-state index in [-0.39, 0.29) is 12.1 Å². The summed E-state index contributed by atoms with van der Waals surface area (Å²) < 4.78 is 11.9. The van der Waals surface area contributed by atoms with Crippen LogP contribution in [0.5, 0.6) is 5.75 Å². The van der Waals surface area contributed by atoms with Crippen molar-refractivity contribution in [2.45, 2.75) is 13.2 Å². The van der Waals surface area contributed by atoms with Gasteiger partial charge in [-0.1, -0.05) is 48.5 Å². The summed E-state index contributed by atoms with van der Waals surface area (Å²) in [7, 11) is 0. The van der Waals surface area contributed by atoms with E-state index in [2.05, 4.69) is 39.4 Å². The standard InChI is InChI=1S/C27H19BrN2O5/c28-23-14-17(10-11-24(23)35-16-19-7-3-6-18-5-1-2-9-21(18)19)13-22-25(31)29-27(33)30(26(22)32)15-20-8-4-12-34-20/h1-14H,15-16H2,(H,29,31,33)/b22-13+. The Balaban J connectivity index is 1.34. The maximum atomic E-state index is 12.9. The van der Waals surface area contributed by atoms with Crippen LogP contribution < -0.4 is 10.1 Å². The molecule has 0 spiro atoms. The number of rotatable bonds is 6. The smallest absolute Gasteiger partial charge is 0.331 e.